The average molecular weight is 905 g/mol. The molecular formula is C61H92O5. The third-order valence-electron chi connectivity index (χ3n) is 10.0. The molecule has 1 N–H and O–H groups in total. The average Bonchev–Trinajstić information content (AvgIpc) is 3.32. The number of ether oxygens (including phenoxy) is 2. The van der Waals surface area contributed by atoms with Gasteiger partial charge in [-0.25, -0.2) is 0 Å². The molecule has 5 nitrogen and oxygen atoms in total. The molecule has 0 heterocycles. The summed E-state index contributed by atoms with van der Waals surface area (Å²) in [6, 6.07) is 0. The lowest BCUT2D eigenvalue weighted by Crippen LogP contribution is -2.28. The summed E-state index contributed by atoms with van der Waals surface area (Å²) in [6.07, 6.45) is 86.1. The van der Waals surface area contributed by atoms with Crippen LogP contribution in [0.15, 0.2) is 170 Å². The van der Waals surface area contributed by atoms with Crippen molar-refractivity contribution in [3.05, 3.63) is 170 Å². The minimum absolute atomic E-state index is 0.118. The summed E-state index contributed by atoms with van der Waals surface area (Å²) in [4.78, 5) is 24.3. The fourth-order valence-corrected chi connectivity index (χ4v) is 6.24. The van der Waals surface area contributed by atoms with E-state index in [1.807, 2.05) is 12.2 Å². The van der Waals surface area contributed by atoms with Gasteiger partial charge in [0.15, 0.2) is 6.10 Å². The Bertz CT molecular complexity index is 1540. The van der Waals surface area contributed by atoms with E-state index in [9.17, 15) is 14.7 Å². The van der Waals surface area contributed by atoms with E-state index in [4.69, 9.17) is 9.47 Å². The van der Waals surface area contributed by atoms with Crippen molar-refractivity contribution in [2.24, 2.45) is 0 Å². The van der Waals surface area contributed by atoms with Crippen molar-refractivity contribution >= 4 is 11.9 Å². The first kappa shape index (κ1) is 61.3. The highest BCUT2D eigenvalue weighted by atomic mass is 16.6. The highest BCUT2D eigenvalue weighted by molar-refractivity contribution is 5.70. The molecule has 0 bridgehead atoms. The number of aliphatic hydroxyl groups excluding tert-OH is 1. The van der Waals surface area contributed by atoms with Crippen LogP contribution < -0.4 is 0 Å². The van der Waals surface area contributed by atoms with Gasteiger partial charge in [0.25, 0.3) is 0 Å². The molecule has 0 aromatic carbocycles. The van der Waals surface area contributed by atoms with E-state index in [1.54, 1.807) is 0 Å². The van der Waals surface area contributed by atoms with E-state index in [1.165, 1.54) is 32.1 Å². The standard InChI is InChI=1S/C61H92O5/c1-3-5-7-9-11-13-15-17-18-19-20-21-22-23-24-25-26-27-28-29-30-31-32-33-34-35-36-37-38-39-40-41-42-44-46-48-50-52-54-56-61(64)66-59(57-62)58-65-60(63)55-53-51-49-47-45-43-16-14-12-10-8-6-4-2/h5-8,11-14,17-18,20-21,23-24,26-27,29-30,32-33,35-36,38-39,43,45,49,51,59,62H,3-4,9-10,15-16,19,22,25,28,31,34,37,40-42,44,46-48,50,52-58H2,1-2H3/b7-5-,8-6-,13-11-,14-12-,18-17-,21-20-,24-23-,27-26-,30-29-,33-32-,36-35-,39-38-,45-43-,51-49-. The fraction of sp³-hybridized carbons (Fsp3) is 0.508. The van der Waals surface area contributed by atoms with Crippen LogP contribution in [-0.2, 0) is 19.1 Å². The minimum atomic E-state index is -0.817. The molecule has 0 rings (SSSR count). The molecule has 0 saturated heterocycles. The summed E-state index contributed by atoms with van der Waals surface area (Å²) in [5.74, 6) is -0.711. The number of unbranched alkanes of at least 4 members (excludes halogenated alkanes) is 8. The van der Waals surface area contributed by atoms with Crippen LogP contribution >= 0.6 is 0 Å². The maximum atomic E-state index is 12.2. The first-order chi connectivity index (χ1) is 32.6. The van der Waals surface area contributed by atoms with Gasteiger partial charge in [-0.05, 0) is 116 Å². The zero-order valence-electron chi connectivity index (χ0n) is 41.6. The van der Waals surface area contributed by atoms with Gasteiger partial charge in [-0.3, -0.25) is 9.59 Å². The number of carbonyl (C=O) groups is 2. The van der Waals surface area contributed by atoms with E-state index in [0.717, 1.165) is 116 Å². The molecule has 0 aliphatic rings. The Morgan fingerprint density at radius 3 is 0.970 bits per heavy atom. The van der Waals surface area contributed by atoms with E-state index in [-0.39, 0.29) is 31.6 Å². The topological polar surface area (TPSA) is 72.8 Å². The largest absolute Gasteiger partial charge is 0.462 e. The minimum Gasteiger partial charge on any atom is -0.462 e. The third-order valence-corrected chi connectivity index (χ3v) is 10.0. The van der Waals surface area contributed by atoms with Crippen LogP contribution in [0.5, 0.6) is 0 Å². The number of hydrogen-bond donors (Lipinski definition) is 1. The van der Waals surface area contributed by atoms with Crippen LogP contribution in [0.2, 0.25) is 0 Å². The first-order valence-electron chi connectivity index (χ1n) is 25.7. The summed E-state index contributed by atoms with van der Waals surface area (Å²) in [6.45, 7) is 3.81. The second-order valence-corrected chi connectivity index (χ2v) is 16.1. The zero-order valence-corrected chi connectivity index (χ0v) is 41.6. The van der Waals surface area contributed by atoms with Crippen molar-refractivity contribution < 1.29 is 24.2 Å². The molecule has 66 heavy (non-hydrogen) atoms. The van der Waals surface area contributed by atoms with Gasteiger partial charge in [0.2, 0.25) is 0 Å². The van der Waals surface area contributed by atoms with Crippen LogP contribution in [-0.4, -0.2) is 36.4 Å². The second kappa shape index (κ2) is 54.6. The van der Waals surface area contributed by atoms with Crippen molar-refractivity contribution in [3.8, 4) is 0 Å². The molecule has 0 spiro atoms. The Morgan fingerprint density at radius 1 is 0.348 bits per heavy atom. The summed E-state index contributed by atoms with van der Waals surface area (Å²) in [7, 11) is 0. The Balaban J connectivity index is 3.67. The lowest BCUT2D eigenvalue weighted by Gasteiger charge is -2.15. The number of hydrogen-bond acceptors (Lipinski definition) is 5. The first-order valence-corrected chi connectivity index (χ1v) is 25.7. The third kappa shape index (κ3) is 51.9. The molecule has 366 valence electrons. The van der Waals surface area contributed by atoms with Gasteiger partial charge in [0.05, 0.1) is 6.61 Å². The molecule has 0 aromatic heterocycles. The van der Waals surface area contributed by atoms with E-state index in [0.29, 0.717) is 12.8 Å². The van der Waals surface area contributed by atoms with Crippen molar-refractivity contribution in [2.45, 2.75) is 187 Å². The number of esters is 2. The molecule has 0 aromatic rings. The van der Waals surface area contributed by atoms with Crippen LogP contribution in [0.25, 0.3) is 0 Å². The molecule has 0 radical (unpaired) electrons. The summed E-state index contributed by atoms with van der Waals surface area (Å²) in [5, 5.41) is 9.59. The summed E-state index contributed by atoms with van der Waals surface area (Å²) >= 11 is 0. The zero-order chi connectivity index (χ0) is 47.7. The van der Waals surface area contributed by atoms with Gasteiger partial charge in [0, 0.05) is 12.8 Å². The highest BCUT2D eigenvalue weighted by Crippen LogP contribution is 2.12. The normalized spacial score (nSPS) is 13.7. The van der Waals surface area contributed by atoms with Crippen LogP contribution in [0.3, 0.4) is 0 Å². The van der Waals surface area contributed by atoms with Crippen LogP contribution in [0, 0.1) is 0 Å². The number of aliphatic hydroxyl groups is 1. The Kier molecular flexibility index (Phi) is 50.7. The van der Waals surface area contributed by atoms with Gasteiger partial charge in [0.1, 0.15) is 6.61 Å². The Labute approximate surface area is 404 Å². The fourth-order valence-electron chi connectivity index (χ4n) is 6.24. The second-order valence-electron chi connectivity index (χ2n) is 16.1. The smallest absolute Gasteiger partial charge is 0.306 e. The summed E-state index contributed by atoms with van der Waals surface area (Å²) < 4.78 is 10.6. The predicted octanol–water partition coefficient (Wildman–Crippen LogP) is 17.4. The van der Waals surface area contributed by atoms with Gasteiger partial charge >= 0.3 is 11.9 Å². The Morgan fingerprint density at radius 2 is 0.636 bits per heavy atom. The van der Waals surface area contributed by atoms with Crippen LogP contribution in [0.1, 0.15) is 181 Å². The lowest BCUT2D eigenvalue weighted by atomic mass is 10.1. The maximum Gasteiger partial charge on any atom is 0.306 e. The number of allylic oxidation sites excluding steroid dienone is 28. The van der Waals surface area contributed by atoms with Gasteiger partial charge in [-0.1, -0.05) is 223 Å². The van der Waals surface area contributed by atoms with Crippen molar-refractivity contribution in [1.29, 1.82) is 0 Å². The van der Waals surface area contributed by atoms with E-state index < -0.39 is 6.10 Å². The van der Waals surface area contributed by atoms with Crippen molar-refractivity contribution in [1.82, 2.24) is 0 Å². The molecule has 1 unspecified atom stereocenters. The molecule has 0 aliphatic heterocycles. The lowest BCUT2D eigenvalue weighted by molar-refractivity contribution is -0.161. The van der Waals surface area contributed by atoms with Crippen molar-refractivity contribution in [2.75, 3.05) is 13.2 Å². The Hall–Kier alpha value is -4.74. The maximum absolute atomic E-state index is 12.2. The quantitative estimate of drug-likeness (QED) is 0.0375. The SMILES string of the molecule is CC/C=C\C/C=C\C/C=C\C/C=C\C/C=C\C/C=C\C/C=C\C/C=C\C/C=C\C/C=C\CCCCCCCCCCC(=O)OC(CO)COC(=O)CC/C=C\C/C=C\C/C=C\C/C=C\CC. The molecule has 1 atom stereocenters. The molecule has 0 amide bonds. The number of carbonyl (C=O) groups excluding carboxylic acids is 2. The van der Waals surface area contributed by atoms with Gasteiger partial charge in [-0.2, -0.15) is 0 Å². The van der Waals surface area contributed by atoms with Crippen molar-refractivity contribution in [3.63, 3.8) is 0 Å². The number of rotatable bonds is 44. The molecule has 5 heteroatoms. The molecular weight excluding hydrogens is 813 g/mol. The van der Waals surface area contributed by atoms with E-state index >= 15 is 0 Å². The molecule has 0 aliphatic carbocycles. The van der Waals surface area contributed by atoms with Gasteiger partial charge in [-0.15, -0.1) is 0 Å². The molecule has 0 fully saturated rings. The molecule has 0 saturated carbocycles. The summed E-state index contributed by atoms with van der Waals surface area (Å²) in [5.41, 5.74) is 0. The van der Waals surface area contributed by atoms with E-state index in [2.05, 4.69) is 172 Å². The van der Waals surface area contributed by atoms with Crippen LogP contribution in [0.4, 0.5) is 0 Å². The monoisotopic (exact) mass is 905 g/mol. The predicted molar refractivity (Wildman–Crippen MR) is 287 cm³/mol. The highest BCUT2D eigenvalue weighted by Gasteiger charge is 2.15. The van der Waals surface area contributed by atoms with Gasteiger partial charge < -0.3 is 14.6 Å².